The molecule has 2 aromatic rings. The average Bonchev–Trinajstić information content (AvgIpc) is 2.46. The summed E-state index contributed by atoms with van der Waals surface area (Å²) in [5.74, 6) is -1.24. The third-order valence-corrected chi connectivity index (χ3v) is 5.09. The molecule has 1 N–H and O–H groups in total. The molecular formula is C15H14ClNO4S. The quantitative estimate of drug-likeness (QED) is 0.908. The molecule has 0 bridgehead atoms. The Morgan fingerprint density at radius 2 is 1.73 bits per heavy atom. The largest absolute Gasteiger partial charge is 0.480 e. The summed E-state index contributed by atoms with van der Waals surface area (Å²) in [7, 11) is -3.99. The van der Waals surface area contributed by atoms with Gasteiger partial charge in [-0.05, 0) is 42.8 Å². The minimum absolute atomic E-state index is 0.0126. The van der Waals surface area contributed by atoms with Crippen LogP contribution in [0.3, 0.4) is 0 Å². The molecule has 7 heteroatoms. The molecule has 2 rings (SSSR count). The third kappa shape index (κ3) is 3.40. The predicted molar refractivity (Wildman–Crippen MR) is 84.8 cm³/mol. The maximum atomic E-state index is 12.8. The van der Waals surface area contributed by atoms with Crippen molar-refractivity contribution in [3.05, 3.63) is 59.1 Å². The first-order valence-electron chi connectivity index (χ1n) is 6.38. The van der Waals surface area contributed by atoms with E-state index in [-0.39, 0.29) is 4.90 Å². The van der Waals surface area contributed by atoms with E-state index in [1.165, 1.54) is 24.3 Å². The highest BCUT2D eigenvalue weighted by Gasteiger charge is 2.27. The van der Waals surface area contributed by atoms with Crippen LogP contribution < -0.4 is 4.31 Å². The van der Waals surface area contributed by atoms with Gasteiger partial charge in [0, 0.05) is 5.02 Å². The van der Waals surface area contributed by atoms with Gasteiger partial charge in [-0.15, -0.1) is 0 Å². The fourth-order valence-electron chi connectivity index (χ4n) is 2.00. The van der Waals surface area contributed by atoms with Gasteiger partial charge in [0.05, 0.1) is 10.6 Å². The molecule has 0 fully saturated rings. The van der Waals surface area contributed by atoms with Gasteiger partial charge in [0.15, 0.2) is 0 Å². The topological polar surface area (TPSA) is 74.7 Å². The number of rotatable bonds is 5. The van der Waals surface area contributed by atoms with Gasteiger partial charge >= 0.3 is 5.97 Å². The molecule has 0 aliphatic heterocycles. The molecular weight excluding hydrogens is 326 g/mol. The summed E-state index contributed by atoms with van der Waals surface area (Å²) in [6, 6.07) is 12.3. The SMILES string of the molecule is Cc1ccccc1N(CC(=O)O)S(=O)(=O)c1ccc(Cl)cc1. The zero-order valence-electron chi connectivity index (χ0n) is 11.7. The zero-order valence-corrected chi connectivity index (χ0v) is 13.3. The van der Waals surface area contributed by atoms with Crippen LogP contribution in [0.15, 0.2) is 53.4 Å². The minimum atomic E-state index is -3.99. The van der Waals surface area contributed by atoms with Crippen LogP contribution in [0.4, 0.5) is 5.69 Å². The second-order valence-electron chi connectivity index (χ2n) is 4.65. The lowest BCUT2D eigenvalue weighted by atomic mass is 10.2. The molecule has 2 aromatic carbocycles. The summed E-state index contributed by atoms with van der Waals surface area (Å²) in [6.45, 7) is 1.07. The number of carboxylic acid groups (broad SMARTS) is 1. The number of nitrogens with zero attached hydrogens (tertiary/aromatic N) is 1. The van der Waals surface area contributed by atoms with Crippen LogP contribution in [0.25, 0.3) is 0 Å². The van der Waals surface area contributed by atoms with Crippen LogP contribution in [0.5, 0.6) is 0 Å². The van der Waals surface area contributed by atoms with Crippen molar-refractivity contribution in [1.29, 1.82) is 0 Å². The fourth-order valence-corrected chi connectivity index (χ4v) is 3.60. The number of aryl methyl sites for hydroxylation is 1. The van der Waals surface area contributed by atoms with Crippen molar-refractivity contribution >= 4 is 33.3 Å². The van der Waals surface area contributed by atoms with Gasteiger partial charge in [0.2, 0.25) is 0 Å². The summed E-state index contributed by atoms with van der Waals surface area (Å²) in [5.41, 5.74) is 1.00. The van der Waals surface area contributed by atoms with Crippen molar-refractivity contribution in [1.82, 2.24) is 0 Å². The highest BCUT2D eigenvalue weighted by Crippen LogP contribution is 2.27. The van der Waals surface area contributed by atoms with Gasteiger partial charge in [0.25, 0.3) is 10.0 Å². The summed E-state index contributed by atoms with van der Waals surface area (Å²) in [6.07, 6.45) is 0. The van der Waals surface area contributed by atoms with Gasteiger partial charge in [-0.3, -0.25) is 9.10 Å². The number of sulfonamides is 1. The van der Waals surface area contributed by atoms with E-state index in [2.05, 4.69) is 0 Å². The van der Waals surface area contributed by atoms with Crippen LogP contribution in [0.2, 0.25) is 5.02 Å². The Hall–Kier alpha value is -2.05. The lowest BCUT2D eigenvalue weighted by Crippen LogP contribution is -2.36. The molecule has 0 unspecified atom stereocenters. The van der Waals surface area contributed by atoms with E-state index in [0.717, 1.165) is 4.31 Å². The molecule has 116 valence electrons. The van der Waals surface area contributed by atoms with E-state index in [0.29, 0.717) is 16.3 Å². The van der Waals surface area contributed by atoms with E-state index in [1.807, 2.05) is 0 Å². The second-order valence-corrected chi connectivity index (χ2v) is 6.94. The summed E-state index contributed by atoms with van der Waals surface area (Å²) >= 11 is 5.77. The van der Waals surface area contributed by atoms with Crippen molar-refractivity contribution in [3.8, 4) is 0 Å². The zero-order chi connectivity index (χ0) is 16.3. The molecule has 22 heavy (non-hydrogen) atoms. The maximum absolute atomic E-state index is 12.8. The van der Waals surface area contributed by atoms with Crippen molar-refractivity contribution < 1.29 is 18.3 Å². The number of para-hydroxylation sites is 1. The number of aliphatic carboxylic acids is 1. The fraction of sp³-hybridized carbons (Fsp3) is 0.133. The number of carboxylic acids is 1. The molecule has 0 aliphatic carbocycles. The summed E-state index contributed by atoms with van der Waals surface area (Å²) in [4.78, 5) is 11.1. The molecule has 0 aromatic heterocycles. The van der Waals surface area contributed by atoms with Crippen molar-refractivity contribution in [2.24, 2.45) is 0 Å². The van der Waals surface area contributed by atoms with E-state index in [1.54, 1.807) is 31.2 Å². The highest BCUT2D eigenvalue weighted by molar-refractivity contribution is 7.92. The summed E-state index contributed by atoms with van der Waals surface area (Å²) < 4.78 is 26.4. The van der Waals surface area contributed by atoms with Crippen molar-refractivity contribution in [3.63, 3.8) is 0 Å². The monoisotopic (exact) mass is 339 g/mol. The molecule has 0 heterocycles. The molecule has 0 amide bonds. The van der Waals surface area contributed by atoms with Gasteiger partial charge < -0.3 is 5.11 Å². The Bertz CT molecular complexity index is 787. The number of benzene rings is 2. The van der Waals surface area contributed by atoms with Gasteiger partial charge in [-0.1, -0.05) is 29.8 Å². The number of hydrogen-bond donors (Lipinski definition) is 1. The lowest BCUT2D eigenvalue weighted by Gasteiger charge is -2.24. The Morgan fingerprint density at radius 1 is 1.14 bits per heavy atom. The Kier molecular flexibility index (Phi) is 4.73. The first kappa shape index (κ1) is 16.3. The normalized spacial score (nSPS) is 11.2. The first-order valence-corrected chi connectivity index (χ1v) is 8.20. The third-order valence-electron chi connectivity index (χ3n) is 3.06. The average molecular weight is 340 g/mol. The molecule has 0 spiro atoms. The van der Waals surface area contributed by atoms with Crippen LogP contribution in [-0.4, -0.2) is 26.0 Å². The van der Waals surface area contributed by atoms with E-state index < -0.39 is 22.5 Å². The smallest absolute Gasteiger partial charge is 0.324 e. The van der Waals surface area contributed by atoms with Gasteiger partial charge in [-0.2, -0.15) is 0 Å². The van der Waals surface area contributed by atoms with Crippen molar-refractivity contribution in [2.45, 2.75) is 11.8 Å². The van der Waals surface area contributed by atoms with Crippen molar-refractivity contribution in [2.75, 3.05) is 10.8 Å². The standard InChI is InChI=1S/C15H14ClNO4S/c1-11-4-2-3-5-14(11)17(10-15(18)19)22(20,21)13-8-6-12(16)7-9-13/h2-9H,10H2,1H3,(H,18,19). The van der Waals surface area contributed by atoms with Crippen LogP contribution in [0, 0.1) is 6.92 Å². The minimum Gasteiger partial charge on any atom is -0.480 e. The van der Waals surface area contributed by atoms with Gasteiger partial charge in [0.1, 0.15) is 6.54 Å². The Morgan fingerprint density at radius 3 is 2.27 bits per heavy atom. The number of halogens is 1. The maximum Gasteiger partial charge on any atom is 0.324 e. The molecule has 0 atom stereocenters. The molecule has 0 saturated heterocycles. The molecule has 5 nitrogen and oxygen atoms in total. The van der Waals surface area contributed by atoms with E-state index in [9.17, 15) is 13.2 Å². The summed E-state index contributed by atoms with van der Waals surface area (Å²) in [5, 5.41) is 9.47. The number of carbonyl (C=O) groups is 1. The molecule has 0 radical (unpaired) electrons. The van der Waals surface area contributed by atoms with Crippen LogP contribution in [-0.2, 0) is 14.8 Å². The Labute approximate surface area is 133 Å². The first-order chi connectivity index (χ1) is 10.3. The van der Waals surface area contributed by atoms with Crippen LogP contribution >= 0.6 is 11.6 Å². The second kappa shape index (κ2) is 6.37. The van der Waals surface area contributed by atoms with Gasteiger partial charge in [-0.25, -0.2) is 8.42 Å². The molecule has 0 saturated carbocycles. The highest BCUT2D eigenvalue weighted by atomic mass is 35.5. The van der Waals surface area contributed by atoms with Crippen LogP contribution in [0.1, 0.15) is 5.56 Å². The predicted octanol–water partition coefficient (Wildman–Crippen LogP) is 2.93. The van der Waals surface area contributed by atoms with E-state index in [4.69, 9.17) is 16.7 Å². The van der Waals surface area contributed by atoms with E-state index >= 15 is 0 Å². The molecule has 0 aliphatic rings. The Balaban J connectivity index is 2.56. The number of hydrogen-bond acceptors (Lipinski definition) is 3. The number of anilines is 1. The lowest BCUT2D eigenvalue weighted by molar-refractivity contribution is -0.135.